The molecule has 4 aromatic rings. The van der Waals surface area contributed by atoms with Gasteiger partial charge >= 0.3 is 0 Å². The molecule has 35 heavy (non-hydrogen) atoms. The molecule has 0 aliphatic carbocycles. The summed E-state index contributed by atoms with van der Waals surface area (Å²) in [6.45, 7) is 0.275. The minimum Gasteiger partial charge on any atom is -0.372 e. The van der Waals surface area contributed by atoms with E-state index in [0.717, 1.165) is 18.2 Å². The number of hydrogen-bond acceptors (Lipinski definition) is 7. The molecule has 11 heteroatoms. The molecule has 0 radical (unpaired) electrons. The highest BCUT2D eigenvalue weighted by Gasteiger charge is 2.14. The summed E-state index contributed by atoms with van der Waals surface area (Å²) >= 11 is 5.51. The topological polar surface area (TPSA) is 100 Å². The van der Waals surface area contributed by atoms with Gasteiger partial charge in [-0.15, -0.1) is 11.6 Å². The largest absolute Gasteiger partial charge is 0.372 e. The van der Waals surface area contributed by atoms with Crippen LogP contribution in [0.25, 0.3) is 22.6 Å². The fourth-order valence-electron chi connectivity index (χ4n) is 3.30. The smallest absolute Gasteiger partial charge is 0.267 e. The van der Waals surface area contributed by atoms with Crippen LogP contribution in [-0.2, 0) is 22.5 Å². The summed E-state index contributed by atoms with van der Waals surface area (Å²) in [6, 6.07) is 12.8. The lowest BCUT2D eigenvalue weighted by Gasteiger charge is -2.08. The number of alkyl halides is 1. The highest BCUT2D eigenvalue weighted by atomic mass is 35.5. The molecule has 0 spiro atoms. The number of ketones is 1. The van der Waals surface area contributed by atoms with Crippen molar-refractivity contribution in [1.82, 2.24) is 19.9 Å². The van der Waals surface area contributed by atoms with Crippen LogP contribution in [0, 0.1) is 11.6 Å². The van der Waals surface area contributed by atoms with Crippen LogP contribution in [0.2, 0.25) is 0 Å². The summed E-state index contributed by atoms with van der Waals surface area (Å²) in [7, 11) is 0. The summed E-state index contributed by atoms with van der Waals surface area (Å²) in [4.78, 5) is 28.5. The van der Waals surface area contributed by atoms with E-state index in [1.165, 1.54) is 16.8 Å². The average molecular weight is 501 g/mol. The van der Waals surface area contributed by atoms with E-state index in [1.807, 2.05) is 0 Å². The molecule has 0 saturated carbocycles. The average Bonchev–Trinajstić information content (AvgIpc) is 3.29. The van der Waals surface area contributed by atoms with Gasteiger partial charge in [-0.1, -0.05) is 23.4 Å². The Bertz CT molecular complexity index is 1390. The summed E-state index contributed by atoms with van der Waals surface area (Å²) < 4.78 is 38.7. The highest BCUT2D eigenvalue weighted by molar-refractivity contribution is 6.17. The van der Waals surface area contributed by atoms with Gasteiger partial charge in [0.1, 0.15) is 18.2 Å². The predicted octanol–water partition coefficient (Wildman–Crippen LogP) is 3.65. The predicted molar refractivity (Wildman–Crippen MR) is 123 cm³/mol. The van der Waals surface area contributed by atoms with Crippen molar-refractivity contribution in [3.05, 3.63) is 88.0 Å². The number of ether oxygens (including phenoxy) is 1. The zero-order chi connectivity index (χ0) is 24.8. The molecule has 180 valence electrons. The number of carbonyl (C=O) groups excluding carboxylic acids is 1. The number of Topliss-reactive ketones (excluding diaryl/α,β-unsaturated/α-hetero) is 1. The Morgan fingerprint density at radius 3 is 2.63 bits per heavy atom. The molecule has 8 nitrogen and oxygen atoms in total. The maximum absolute atomic E-state index is 13.6. The van der Waals surface area contributed by atoms with Gasteiger partial charge in [-0.25, -0.2) is 13.5 Å². The van der Waals surface area contributed by atoms with Crippen molar-refractivity contribution < 1.29 is 22.8 Å². The molecule has 0 amide bonds. The van der Waals surface area contributed by atoms with Crippen LogP contribution in [0.15, 0.2) is 63.9 Å². The van der Waals surface area contributed by atoms with E-state index < -0.39 is 11.6 Å². The normalized spacial score (nSPS) is 11.1. The molecule has 0 atom stereocenters. The first-order chi connectivity index (χ1) is 16.9. The van der Waals surface area contributed by atoms with Gasteiger partial charge in [-0.3, -0.25) is 9.59 Å². The first kappa shape index (κ1) is 24.4. The number of nitrogens with zero attached hydrogens (tertiary/aromatic N) is 4. The lowest BCUT2D eigenvalue weighted by molar-refractivity contribution is -0.123. The van der Waals surface area contributed by atoms with Gasteiger partial charge in [0.15, 0.2) is 5.78 Å². The monoisotopic (exact) mass is 500 g/mol. The molecule has 0 bridgehead atoms. The zero-order valence-corrected chi connectivity index (χ0v) is 19.0. The Hall–Kier alpha value is -3.76. The molecule has 2 aromatic carbocycles. The Morgan fingerprint density at radius 1 is 1.06 bits per heavy atom. The van der Waals surface area contributed by atoms with Crippen molar-refractivity contribution >= 4 is 17.4 Å². The van der Waals surface area contributed by atoms with Gasteiger partial charge in [-0.2, -0.15) is 10.1 Å². The molecular weight excluding hydrogens is 482 g/mol. The van der Waals surface area contributed by atoms with E-state index in [-0.39, 0.29) is 60.5 Å². The van der Waals surface area contributed by atoms with E-state index in [4.69, 9.17) is 20.9 Å². The van der Waals surface area contributed by atoms with E-state index in [1.54, 1.807) is 24.3 Å². The van der Waals surface area contributed by atoms with Gasteiger partial charge in [-0.05, 0) is 29.8 Å². The van der Waals surface area contributed by atoms with E-state index >= 15 is 0 Å². The summed E-state index contributed by atoms with van der Waals surface area (Å²) in [5.74, 6) is -0.975. The first-order valence-electron chi connectivity index (χ1n) is 10.5. The fraction of sp³-hybridized carbons (Fsp3) is 0.208. The van der Waals surface area contributed by atoms with Crippen molar-refractivity contribution in [2.24, 2.45) is 0 Å². The molecule has 0 aliphatic heterocycles. The molecule has 4 rings (SSSR count). The van der Waals surface area contributed by atoms with Crippen molar-refractivity contribution in [3.8, 4) is 22.6 Å². The highest BCUT2D eigenvalue weighted by Crippen LogP contribution is 2.20. The third-order valence-corrected chi connectivity index (χ3v) is 5.00. The van der Waals surface area contributed by atoms with Crippen LogP contribution in [-0.4, -0.2) is 44.8 Å². The molecule has 0 fully saturated rings. The number of hydrogen-bond donors (Lipinski definition) is 0. The number of carbonyl (C=O) groups is 1. The maximum Gasteiger partial charge on any atom is 0.267 e. The second-order valence-corrected chi connectivity index (χ2v) is 7.92. The van der Waals surface area contributed by atoms with Crippen LogP contribution >= 0.6 is 11.6 Å². The molecule has 0 saturated heterocycles. The summed E-state index contributed by atoms with van der Waals surface area (Å²) in [5.41, 5.74) is 1.40. The molecule has 0 N–H and O–H groups in total. The third kappa shape index (κ3) is 6.43. The van der Waals surface area contributed by atoms with Crippen LogP contribution in [0.1, 0.15) is 11.5 Å². The Kier molecular flexibility index (Phi) is 7.74. The van der Waals surface area contributed by atoms with Crippen LogP contribution in [0.4, 0.5) is 8.78 Å². The van der Waals surface area contributed by atoms with Crippen molar-refractivity contribution in [3.63, 3.8) is 0 Å². The number of rotatable bonds is 10. The summed E-state index contributed by atoms with van der Waals surface area (Å²) in [5, 5.41) is 8.17. The Morgan fingerprint density at radius 2 is 1.86 bits per heavy atom. The number of benzene rings is 2. The van der Waals surface area contributed by atoms with Gasteiger partial charge in [0.05, 0.1) is 25.3 Å². The van der Waals surface area contributed by atoms with Gasteiger partial charge in [0.2, 0.25) is 11.7 Å². The zero-order valence-electron chi connectivity index (χ0n) is 18.3. The second kappa shape index (κ2) is 11.1. The van der Waals surface area contributed by atoms with Gasteiger partial charge in [0, 0.05) is 29.1 Å². The lowest BCUT2D eigenvalue weighted by atomic mass is 10.1. The molecule has 2 aromatic heterocycles. The van der Waals surface area contributed by atoms with E-state index in [2.05, 4.69) is 15.2 Å². The van der Waals surface area contributed by atoms with E-state index in [9.17, 15) is 18.4 Å². The lowest BCUT2D eigenvalue weighted by Crippen LogP contribution is -2.22. The van der Waals surface area contributed by atoms with Crippen molar-refractivity contribution in [2.75, 3.05) is 19.1 Å². The van der Waals surface area contributed by atoms with Gasteiger partial charge < -0.3 is 9.26 Å². The first-order valence-corrected chi connectivity index (χ1v) is 11.1. The van der Waals surface area contributed by atoms with Crippen LogP contribution in [0.5, 0.6) is 0 Å². The van der Waals surface area contributed by atoms with Crippen LogP contribution < -0.4 is 5.56 Å². The Labute approximate surface area is 203 Å². The van der Waals surface area contributed by atoms with Crippen molar-refractivity contribution in [1.29, 1.82) is 0 Å². The fourth-order valence-corrected chi connectivity index (χ4v) is 3.41. The van der Waals surface area contributed by atoms with Crippen molar-refractivity contribution in [2.45, 2.75) is 13.0 Å². The number of aromatic nitrogens is 4. The molecule has 0 unspecified atom stereocenters. The van der Waals surface area contributed by atoms with Gasteiger partial charge in [0.25, 0.3) is 5.56 Å². The molecular formula is C24H19ClF2N4O4. The quantitative estimate of drug-likeness (QED) is 0.242. The standard InChI is InChI=1S/C24H19ClF2N4O4/c25-6-7-34-14-20(32)12-22-28-24(30-35-22)16-3-1-2-15(8-16)13-31-23(33)5-4-21(29-31)17-9-18(26)11-19(27)10-17/h1-5,8-11H,6-7,12-14H2. The SMILES string of the molecule is O=C(COCCCl)Cc1nc(-c2cccc(Cn3nc(-c4cc(F)cc(F)c4)ccc3=O)c2)no1. The Balaban J connectivity index is 1.51. The minimum atomic E-state index is -0.740. The van der Waals surface area contributed by atoms with Crippen LogP contribution in [0.3, 0.4) is 0 Å². The van der Waals surface area contributed by atoms with E-state index in [0.29, 0.717) is 17.0 Å². The third-order valence-electron chi connectivity index (χ3n) is 4.84. The maximum atomic E-state index is 13.6. The molecule has 0 aliphatic rings. The minimum absolute atomic E-state index is 0.0677. The molecule has 2 heterocycles. The number of halogens is 3. The summed E-state index contributed by atoms with van der Waals surface area (Å²) in [6.07, 6.45) is -0.0677. The second-order valence-electron chi connectivity index (χ2n) is 7.54.